The van der Waals surface area contributed by atoms with Crippen LogP contribution >= 0.6 is 22.9 Å². The van der Waals surface area contributed by atoms with Gasteiger partial charge in [-0.05, 0) is 24.3 Å². The second-order valence-electron chi connectivity index (χ2n) is 5.10. The van der Waals surface area contributed by atoms with E-state index in [4.69, 9.17) is 16.3 Å². The lowest BCUT2D eigenvalue weighted by molar-refractivity contribution is -0.140. The number of hydrogen-bond donors (Lipinski definition) is 2. The Morgan fingerprint density at radius 3 is 2.54 bits per heavy atom. The molecule has 1 heterocycles. The summed E-state index contributed by atoms with van der Waals surface area (Å²) >= 11 is 6.79. The molecule has 0 aliphatic carbocycles. The number of hydrogen-bond acceptors (Lipinski definition) is 4. The predicted molar refractivity (Wildman–Crippen MR) is 97.1 cm³/mol. The summed E-state index contributed by atoms with van der Waals surface area (Å²) in [6.45, 7) is 1.35. The van der Waals surface area contributed by atoms with Crippen LogP contribution < -0.4 is 15.4 Å². The molecule has 0 saturated heterocycles. The van der Waals surface area contributed by atoms with Gasteiger partial charge in [0, 0.05) is 30.4 Å². The molecular weight excluding hydrogens is 389 g/mol. The van der Waals surface area contributed by atoms with Crippen LogP contribution in [-0.2, 0) is 12.6 Å². The highest BCUT2D eigenvalue weighted by atomic mass is 35.5. The Labute approximate surface area is 158 Å². The molecule has 0 amide bonds. The van der Waals surface area contributed by atoms with Crippen LogP contribution in [0.4, 0.5) is 13.2 Å². The molecule has 0 bridgehead atoms. The van der Waals surface area contributed by atoms with E-state index in [-0.39, 0.29) is 0 Å². The molecule has 0 saturated carbocycles. The summed E-state index contributed by atoms with van der Waals surface area (Å²) in [5.74, 6) is 1.25. The number of nitrogens with one attached hydrogen (secondary N) is 2. The van der Waals surface area contributed by atoms with Crippen molar-refractivity contribution in [3.05, 3.63) is 45.4 Å². The van der Waals surface area contributed by atoms with Crippen LogP contribution in [0.15, 0.2) is 34.6 Å². The maximum absolute atomic E-state index is 12.5. The quantitative estimate of drug-likeness (QED) is 0.419. The lowest BCUT2D eigenvalue weighted by Gasteiger charge is -2.12. The van der Waals surface area contributed by atoms with Crippen molar-refractivity contribution in [2.75, 3.05) is 26.7 Å². The Morgan fingerprint density at radius 2 is 1.92 bits per heavy atom. The van der Waals surface area contributed by atoms with E-state index in [0.717, 1.165) is 16.7 Å². The average molecular weight is 407 g/mol. The van der Waals surface area contributed by atoms with E-state index in [1.165, 1.54) is 0 Å². The summed E-state index contributed by atoms with van der Waals surface area (Å²) in [6, 6.07) is 7.04. The third-order valence-corrected chi connectivity index (χ3v) is 4.33. The van der Waals surface area contributed by atoms with Gasteiger partial charge in [-0.1, -0.05) is 11.6 Å². The first kappa shape index (κ1) is 20.3. The topological polar surface area (TPSA) is 58.5 Å². The molecule has 0 aliphatic rings. The lowest BCUT2D eigenvalue weighted by Crippen LogP contribution is -2.40. The highest BCUT2D eigenvalue weighted by Gasteiger charge is 2.33. The first-order chi connectivity index (χ1) is 12.4. The van der Waals surface area contributed by atoms with Crippen molar-refractivity contribution in [3.63, 3.8) is 0 Å². The molecule has 1 aromatic heterocycles. The molecule has 5 nitrogen and oxygen atoms in total. The number of guanidine groups is 1. The van der Waals surface area contributed by atoms with Crippen LogP contribution in [0, 0.1) is 0 Å². The Bertz CT molecular complexity index is 719. The van der Waals surface area contributed by atoms with Crippen molar-refractivity contribution < 1.29 is 17.9 Å². The Kier molecular flexibility index (Phi) is 7.52. The number of aromatic nitrogens is 1. The van der Waals surface area contributed by atoms with Crippen LogP contribution in [0.5, 0.6) is 5.75 Å². The third kappa shape index (κ3) is 6.72. The predicted octanol–water partition coefficient (Wildman–Crippen LogP) is 3.60. The Morgan fingerprint density at radius 1 is 1.23 bits per heavy atom. The number of nitrogens with zero attached hydrogens (tertiary/aromatic N) is 2. The molecular formula is C16H18ClF3N4OS. The highest BCUT2D eigenvalue weighted by molar-refractivity contribution is 7.09. The summed E-state index contributed by atoms with van der Waals surface area (Å²) in [6.07, 6.45) is -4.02. The first-order valence-corrected chi connectivity index (χ1v) is 8.98. The fourth-order valence-corrected chi connectivity index (χ4v) is 2.86. The minimum Gasteiger partial charge on any atom is -0.492 e. The van der Waals surface area contributed by atoms with Gasteiger partial charge in [0.25, 0.3) is 0 Å². The highest BCUT2D eigenvalue weighted by Crippen LogP contribution is 2.29. The molecule has 1 aromatic carbocycles. The van der Waals surface area contributed by atoms with Crippen LogP contribution in [0.3, 0.4) is 0 Å². The molecule has 0 fully saturated rings. The third-order valence-electron chi connectivity index (χ3n) is 3.17. The van der Waals surface area contributed by atoms with Gasteiger partial charge in [0.05, 0.1) is 11.6 Å². The Balaban J connectivity index is 1.66. The molecule has 0 aliphatic heterocycles. The maximum atomic E-state index is 12.5. The van der Waals surface area contributed by atoms with Crippen molar-refractivity contribution in [2.45, 2.75) is 12.6 Å². The van der Waals surface area contributed by atoms with Crippen molar-refractivity contribution in [2.24, 2.45) is 4.99 Å². The number of aliphatic imine (C=N–C) groups is 1. The second kappa shape index (κ2) is 9.63. The van der Waals surface area contributed by atoms with E-state index in [1.54, 1.807) is 31.3 Å². The molecule has 2 aromatic rings. The van der Waals surface area contributed by atoms with Gasteiger partial charge in [-0.3, -0.25) is 4.99 Å². The van der Waals surface area contributed by atoms with Gasteiger partial charge in [-0.25, -0.2) is 4.98 Å². The van der Waals surface area contributed by atoms with Gasteiger partial charge < -0.3 is 15.4 Å². The van der Waals surface area contributed by atoms with E-state index < -0.39 is 11.9 Å². The standard InChI is InChI=1S/C16H18ClF3N4OS/c1-21-15(23-8-9-25-12-4-2-11(17)3-5-12)22-7-6-14-24-13(10-26-14)16(18,19)20/h2-5,10H,6-9H2,1H3,(H2,21,22,23). The number of benzene rings is 1. The maximum Gasteiger partial charge on any atom is 0.434 e. The molecule has 0 atom stereocenters. The molecule has 142 valence electrons. The first-order valence-electron chi connectivity index (χ1n) is 7.73. The average Bonchev–Trinajstić information content (AvgIpc) is 3.08. The number of thiazole rings is 1. The second-order valence-corrected chi connectivity index (χ2v) is 6.48. The van der Waals surface area contributed by atoms with Crippen molar-refractivity contribution in [3.8, 4) is 5.75 Å². The van der Waals surface area contributed by atoms with Gasteiger partial charge in [0.1, 0.15) is 12.4 Å². The van der Waals surface area contributed by atoms with Crippen molar-refractivity contribution in [1.82, 2.24) is 15.6 Å². The Hall–Kier alpha value is -2.00. The minimum absolute atomic E-state index is 0.378. The SMILES string of the molecule is CN=C(NCCOc1ccc(Cl)cc1)NCCc1nc(C(F)(F)F)cs1. The number of halogens is 4. The number of ether oxygens (including phenoxy) is 1. The van der Waals surface area contributed by atoms with E-state index in [9.17, 15) is 13.2 Å². The van der Waals surface area contributed by atoms with Crippen molar-refractivity contribution >= 4 is 28.9 Å². The van der Waals surface area contributed by atoms with Crippen LogP contribution in [0.25, 0.3) is 0 Å². The van der Waals surface area contributed by atoms with Gasteiger partial charge in [0.2, 0.25) is 0 Å². The minimum atomic E-state index is -4.40. The van der Waals surface area contributed by atoms with Crippen LogP contribution in [-0.4, -0.2) is 37.7 Å². The zero-order chi connectivity index (χ0) is 19.0. The van der Waals surface area contributed by atoms with E-state index >= 15 is 0 Å². The van der Waals surface area contributed by atoms with E-state index in [2.05, 4.69) is 20.6 Å². The normalized spacial score (nSPS) is 12.1. The van der Waals surface area contributed by atoms with Crippen molar-refractivity contribution in [1.29, 1.82) is 0 Å². The fourth-order valence-electron chi connectivity index (χ4n) is 1.93. The zero-order valence-corrected chi connectivity index (χ0v) is 15.5. The summed E-state index contributed by atoms with van der Waals surface area (Å²) in [5.41, 5.74) is -0.848. The van der Waals surface area contributed by atoms with Gasteiger partial charge in [0.15, 0.2) is 11.7 Å². The monoisotopic (exact) mass is 406 g/mol. The summed E-state index contributed by atoms with van der Waals surface area (Å²) in [7, 11) is 1.61. The van der Waals surface area contributed by atoms with Gasteiger partial charge >= 0.3 is 6.18 Å². The molecule has 10 heteroatoms. The molecule has 26 heavy (non-hydrogen) atoms. The van der Waals surface area contributed by atoms with Gasteiger partial charge in [-0.15, -0.1) is 11.3 Å². The number of rotatable bonds is 7. The molecule has 0 spiro atoms. The van der Waals surface area contributed by atoms with E-state index in [0.29, 0.717) is 47.9 Å². The lowest BCUT2D eigenvalue weighted by atomic mass is 10.3. The fraction of sp³-hybridized carbons (Fsp3) is 0.375. The molecule has 2 rings (SSSR count). The summed E-state index contributed by atoms with van der Waals surface area (Å²) in [4.78, 5) is 7.63. The smallest absolute Gasteiger partial charge is 0.434 e. The molecule has 0 radical (unpaired) electrons. The number of alkyl halides is 3. The molecule has 2 N–H and O–H groups in total. The zero-order valence-electron chi connectivity index (χ0n) is 13.9. The van der Waals surface area contributed by atoms with Crippen LogP contribution in [0.2, 0.25) is 5.02 Å². The molecule has 0 unspecified atom stereocenters. The van der Waals surface area contributed by atoms with Gasteiger partial charge in [-0.2, -0.15) is 13.2 Å². The summed E-state index contributed by atoms with van der Waals surface area (Å²) < 4.78 is 43.1. The van der Waals surface area contributed by atoms with Crippen LogP contribution in [0.1, 0.15) is 10.7 Å². The largest absolute Gasteiger partial charge is 0.492 e. The summed E-state index contributed by atoms with van der Waals surface area (Å²) in [5, 5.41) is 8.17. The van der Waals surface area contributed by atoms with E-state index in [1.807, 2.05) is 0 Å².